The van der Waals surface area contributed by atoms with Crippen LogP contribution in [0.1, 0.15) is 20.7 Å². The molecule has 6 heteroatoms. The lowest BCUT2D eigenvalue weighted by Crippen LogP contribution is -2.41. The summed E-state index contributed by atoms with van der Waals surface area (Å²) in [6, 6.07) is 12.3. The number of rotatable bonds is 2. The summed E-state index contributed by atoms with van der Waals surface area (Å²) in [6.45, 7) is 0. The second-order valence-electron chi connectivity index (χ2n) is 3.90. The standard InChI is InChI=1S/C14H10FIN2O2/c15-10-6-7-11(12(16)8-10)14(20)18-17-13(19)9-4-2-1-3-5-9/h1-8H,(H,17,19)(H,18,20). The molecule has 0 spiro atoms. The lowest BCUT2D eigenvalue weighted by atomic mass is 10.2. The van der Waals surface area contributed by atoms with Gasteiger partial charge in [-0.15, -0.1) is 0 Å². The van der Waals surface area contributed by atoms with E-state index in [1.807, 2.05) is 22.6 Å². The van der Waals surface area contributed by atoms with Gasteiger partial charge in [0.2, 0.25) is 0 Å². The lowest BCUT2D eigenvalue weighted by Gasteiger charge is -2.08. The van der Waals surface area contributed by atoms with Crippen LogP contribution in [0.15, 0.2) is 48.5 Å². The molecule has 0 aromatic heterocycles. The summed E-state index contributed by atoms with van der Waals surface area (Å²) >= 11 is 1.86. The molecule has 0 atom stereocenters. The SMILES string of the molecule is O=C(NNC(=O)c1ccc(F)cc1I)c1ccccc1. The van der Waals surface area contributed by atoms with Crippen molar-refractivity contribution >= 4 is 34.4 Å². The highest BCUT2D eigenvalue weighted by molar-refractivity contribution is 14.1. The molecule has 0 aliphatic rings. The highest BCUT2D eigenvalue weighted by atomic mass is 127. The smallest absolute Gasteiger partial charge is 0.267 e. The van der Waals surface area contributed by atoms with Crippen LogP contribution in [-0.2, 0) is 0 Å². The van der Waals surface area contributed by atoms with E-state index in [0.717, 1.165) is 0 Å². The molecule has 2 aromatic rings. The van der Waals surface area contributed by atoms with Gasteiger partial charge >= 0.3 is 0 Å². The Morgan fingerprint density at radius 1 is 0.950 bits per heavy atom. The van der Waals surface area contributed by atoms with Crippen LogP contribution < -0.4 is 10.9 Å². The normalized spacial score (nSPS) is 9.90. The van der Waals surface area contributed by atoms with E-state index in [1.165, 1.54) is 18.2 Å². The number of carbonyl (C=O) groups excluding carboxylic acids is 2. The summed E-state index contributed by atoms with van der Waals surface area (Å²) < 4.78 is 13.4. The van der Waals surface area contributed by atoms with Gasteiger partial charge in [-0.05, 0) is 52.9 Å². The fourth-order valence-electron chi connectivity index (χ4n) is 1.52. The van der Waals surface area contributed by atoms with Crippen LogP contribution in [-0.4, -0.2) is 11.8 Å². The summed E-state index contributed by atoms with van der Waals surface area (Å²) in [5, 5.41) is 0. The number of hydrogen-bond acceptors (Lipinski definition) is 2. The molecule has 4 nitrogen and oxygen atoms in total. The maximum absolute atomic E-state index is 12.9. The first kappa shape index (κ1) is 14.4. The lowest BCUT2D eigenvalue weighted by molar-refractivity contribution is 0.0846. The largest absolute Gasteiger partial charge is 0.270 e. The van der Waals surface area contributed by atoms with Gasteiger partial charge in [-0.3, -0.25) is 20.4 Å². The van der Waals surface area contributed by atoms with E-state index in [4.69, 9.17) is 0 Å². The summed E-state index contributed by atoms with van der Waals surface area (Å²) in [5.74, 6) is -1.34. The minimum Gasteiger partial charge on any atom is -0.267 e. The molecule has 0 fully saturated rings. The Morgan fingerprint density at radius 3 is 2.25 bits per heavy atom. The number of hydrazine groups is 1. The van der Waals surface area contributed by atoms with Crippen LogP contribution in [0.25, 0.3) is 0 Å². The van der Waals surface area contributed by atoms with E-state index < -0.39 is 17.6 Å². The molecule has 0 bridgehead atoms. The second kappa shape index (κ2) is 6.47. The number of nitrogens with one attached hydrogen (secondary N) is 2. The highest BCUT2D eigenvalue weighted by Crippen LogP contribution is 2.13. The monoisotopic (exact) mass is 384 g/mol. The van der Waals surface area contributed by atoms with Crippen molar-refractivity contribution in [3.8, 4) is 0 Å². The van der Waals surface area contributed by atoms with Gasteiger partial charge in [0.15, 0.2) is 0 Å². The van der Waals surface area contributed by atoms with Crippen molar-refractivity contribution in [1.29, 1.82) is 0 Å². The van der Waals surface area contributed by atoms with Crippen molar-refractivity contribution in [2.75, 3.05) is 0 Å². The minimum absolute atomic E-state index is 0.292. The molecule has 0 radical (unpaired) electrons. The number of amides is 2. The van der Waals surface area contributed by atoms with Gasteiger partial charge in [0.1, 0.15) is 5.82 Å². The molecule has 0 aliphatic heterocycles. The molecule has 20 heavy (non-hydrogen) atoms. The molecule has 102 valence electrons. The maximum Gasteiger partial charge on any atom is 0.270 e. The molecule has 2 amide bonds. The Kier molecular flexibility index (Phi) is 4.67. The van der Waals surface area contributed by atoms with Crippen molar-refractivity contribution in [3.05, 3.63) is 69.0 Å². The zero-order chi connectivity index (χ0) is 14.5. The molecular weight excluding hydrogens is 374 g/mol. The molecule has 0 saturated carbocycles. The van der Waals surface area contributed by atoms with E-state index >= 15 is 0 Å². The molecule has 0 aliphatic carbocycles. The second-order valence-corrected chi connectivity index (χ2v) is 5.06. The van der Waals surface area contributed by atoms with Crippen molar-refractivity contribution < 1.29 is 14.0 Å². The van der Waals surface area contributed by atoms with Crippen LogP contribution in [0.3, 0.4) is 0 Å². The molecule has 0 heterocycles. The van der Waals surface area contributed by atoms with Gasteiger partial charge in [0.25, 0.3) is 11.8 Å². The molecule has 2 N–H and O–H groups in total. The van der Waals surface area contributed by atoms with Crippen LogP contribution in [0.2, 0.25) is 0 Å². The van der Waals surface area contributed by atoms with E-state index in [1.54, 1.807) is 30.3 Å². The fourth-order valence-corrected chi connectivity index (χ4v) is 2.24. The number of benzene rings is 2. The molecule has 2 rings (SSSR count). The third-order valence-electron chi connectivity index (χ3n) is 2.50. The average Bonchev–Trinajstić information content (AvgIpc) is 2.45. The summed E-state index contributed by atoms with van der Waals surface area (Å²) in [7, 11) is 0. The third kappa shape index (κ3) is 3.53. The Balaban J connectivity index is 2.00. The third-order valence-corrected chi connectivity index (χ3v) is 3.39. The highest BCUT2D eigenvalue weighted by Gasteiger charge is 2.12. The van der Waals surface area contributed by atoms with Gasteiger partial charge in [0, 0.05) is 9.13 Å². The van der Waals surface area contributed by atoms with E-state index in [-0.39, 0.29) is 0 Å². The molecule has 2 aromatic carbocycles. The first-order valence-corrected chi connectivity index (χ1v) is 6.76. The Morgan fingerprint density at radius 2 is 1.60 bits per heavy atom. The summed E-state index contributed by atoms with van der Waals surface area (Å²) in [4.78, 5) is 23.6. The Hall–Kier alpha value is -1.96. The number of hydrogen-bond donors (Lipinski definition) is 2. The van der Waals surface area contributed by atoms with Crippen LogP contribution >= 0.6 is 22.6 Å². The first-order chi connectivity index (χ1) is 9.58. The van der Waals surface area contributed by atoms with Crippen LogP contribution in [0, 0.1) is 9.39 Å². The van der Waals surface area contributed by atoms with E-state index in [9.17, 15) is 14.0 Å². The number of halogens is 2. The van der Waals surface area contributed by atoms with Crippen LogP contribution in [0.5, 0.6) is 0 Å². The zero-order valence-electron chi connectivity index (χ0n) is 10.2. The molecular formula is C14H10FIN2O2. The summed E-state index contributed by atoms with van der Waals surface area (Å²) in [5.41, 5.74) is 5.32. The van der Waals surface area contributed by atoms with Crippen LogP contribution in [0.4, 0.5) is 4.39 Å². The van der Waals surface area contributed by atoms with Gasteiger partial charge in [0.05, 0.1) is 5.56 Å². The fraction of sp³-hybridized carbons (Fsp3) is 0. The maximum atomic E-state index is 12.9. The summed E-state index contributed by atoms with van der Waals surface area (Å²) in [6.07, 6.45) is 0. The van der Waals surface area contributed by atoms with Gasteiger partial charge in [-0.2, -0.15) is 0 Å². The van der Waals surface area contributed by atoms with Gasteiger partial charge < -0.3 is 0 Å². The quantitative estimate of drug-likeness (QED) is 0.618. The van der Waals surface area contributed by atoms with E-state index in [0.29, 0.717) is 14.7 Å². The van der Waals surface area contributed by atoms with E-state index in [2.05, 4.69) is 10.9 Å². The van der Waals surface area contributed by atoms with Gasteiger partial charge in [-0.25, -0.2) is 4.39 Å². The molecule has 0 saturated heterocycles. The predicted molar refractivity (Wildman–Crippen MR) is 80.5 cm³/mol. The zero-order valence-corrected chi connectivity index (χ0v) is 12.3. The van der Waals surface area contributed by atoms with Crippen molar-refractivity contribution in [2.45, 2.75) is 0 Å². The predicted octanol–water partition coefficient (Wildman–Crippen LogP) is 2.51. The minimum atomic E-state index is -0.501. The van der Waals surface area contributed by atoms with Crippen molar-refractivity contribution in [1.82, 2.24) is 10.9 Å². The average molecular weight is 384 g/mol. The van der Waals surface area contributed by atoms with Crippen molar-refractivity contribution in [3.63, 3.8) is 0 Å². The van der Waals surface area contributed by atoms with Gasteiger partial charge in [-0.1, -0.05) is 18.2 Å². The first-order valence-electron chi connectivity index (χ1n) is 5.68. The number of carbonyl (C=O) groups is 2. The van der Waals surface area contributed by atoms with Crippen molar-refractivity contribution in [2.24, 2.45) is 0 Å². The Labute approximate surface area is 128 Å². The molecule has 0 unspecified atom stereocenters. The Bertz CT molecular complexity index is 647. The topological polar surface area (TPSA) is 58.2 Å².